The molecule has 0 aromatic heterocycles. The van der Waals surface area contributed by atoms with Gasteiger partial charge in [0.2, 0.25) is 0 Å². The molecule has 1 aromatic carbocycles. The SMILES string of the molecule is COc1cc(C2(N)CCCC(C)CC2)ccc1Cl. The summed E-state index contributed by atoms with van der Waals surface area (Å²) < 4.78 is 5.29. The van der Waals surface area contributed by atoms with Crippen LogP contribution in [0.1, 0.15) is 44.6 Å². The van der Waals surface area contributed by atoms with Gasteiger partial charge in [0.05, 0.1) is 12.1 Å². The second kappa shape index (κ2) is 5.50. The molecule has 3 heteroatoms. The summed E-state index contributed by atoms with van der Waals surface area (Å²) in [5, 5.41) is 0.645. The summed E-state index contributed by atoms with van der Waals surface area (Å²) in [7, 11) is 1.64. The molecule has 2 rings (SSSR count). The molecule has 2 nitrogen and oxygen atoms in total. The number of rotatable bonds is 2. The van der Waals surface area contributed by atoms with E-state index in [0.29, 0.717) is 5.02 Å². The zero-order valence-corrected chi connectivity index (χ0v) is 12.0. The highest BCUT2D eigenvalue weighted by atomic mass is 35.5. The van der Waals surface area contributed by atoms with E-state index in [1.807, 2.05) is 18.2 Å². The molecule has 0 heterocycles. The quantitative estimate of drug-likeness (QED) is 0.819. The van der Waals surface area contributed by atoms with E-state index in [1.54, 1.807) is 7.11 Å². The largest absolute Gasteiger partial charge is 0.495 e. The Labute approximate surface area is 114 Å². The fraction of sp³-hybridized carbons (Fsp3) is 0.600. The van der Waals surface area contributed by atoms with Crippen molar-refractivity contribution < 1.29 is 4.74 Å². The predicted octanol–water partition coefficient (Wildman–Crippen LogP) is 4.10. The maximum atomic E-state index is 6.62. The molecule has 1 aliphatic rings. The van der Waals surface area contributed by atoms with Crippen LogP contribution in [0, 0.1) is 5.92 Å². The minimum absolute atomic E-state index is 0.220. The third-order valence-corrected chi connectivity index (χ3v) is 4.44. The Morgan fingerprint density at radius 2 is 2.11 bits per heavy atom. The van der Waals surface area contributed by atoms with Crippen LogP contribution in [-0.4, -0.2) is 7.11 Å². The summed E-state index contributed by atoms with van der Waals surface area (Å²) in [5.41, 5.74) is 7.55. The number of ether oxygens (including phenoxy) is 1. The first-order valence-corrected chi connectivity index (χ1v) is 7.06. The first-order chi connectivity index (χ1) is 8.55. The van der Waals surface area contributed by atoms with E-state index in [1.165, 1.54) is 19.3 Å². The number of hydrogen-bond acceptors (Lipinski definition) is 2. The minimum Gasteiger partial charge on any atom is -0.495 e. The number of benzene rings is 1. The smallest absolute Gasteiger partial charge is 0.137 e. The summed E-state index contributed by atoms with van der Waals surface area (Å²) in [6.07, 6.45) is 5.76. The van der Waals surface area contributed by atoms with E-state index in [0.717, 1.165) is 30.1 Å². The molecule has 18 heavy (non-hydrogen) atoms. The van der Waals surface area contributed by atoms with Crippen molar-refractivity contribution in [2.75, 3.05) is 7.11 Å². The molecule has 2 unspecified atom stereocenters. The van der Waals surface area contributed by atoms with Crippen LogP contribution in [0.5, 0.6) is 5.75 Å². The fourth-order valence-corrected chi connectivity index (χ4v) is 2.99. The van der Waals surface area contributed by atoms with Crippen molar-refractivity contribution in [2.24, 2.45) is 11.7 Å². The summed E-state index contributed by atoms with van der Waals surface area (Å²) in [4.78, 5) is 0. The summed E-state index contributed by atoms with van der Waals surface area (Å²) >= 11 is 6.07. The Balaban J connectivity index is 2.28. The molecule has 0 bridgehead atoms. The monoisotopic (exact) mass is 267 g/mol. The van der Waals surface area contributed by atoms with Crippen LogP contribution < -0.4 is 10.5 Å². The van der Waals surface area contributed by atoms with Gasteiger partial charge in [-0.25, -0.2) is 0 Å². The van der Waals surface area contributed by atoms with Crippen molar-refractivity contribution in [1.82, 2.24) is 0 Å². The van der Waals surface area contributed by atoms with Gasteiger partial charge in [-0.15, -0.1) is 0 Å². The van der Waals surface area contributed by atoms with E-state index < -0.39 is 0 Å². The molecule has 0 saturated heterocycles. The van der Waals surface area contributed by atoms with E-state index in [2.05, 4.69) is 6.92 Å². The highest BCUT2D eigenvalue weighted by Gasteiger charge is 2.30. The second-order valence-electron chi connectivity index (χ2n) is 5.54. The fourth-order valence-electron chi connectivity index (χ4n) is 2.80. The molecule has 2 atom stereocenters. The third kappa shape index (κ3) is 2.81. The molecule has 1 aromatic rings. The van der Waals surface area contributed by atoms with Crippen LogP contribution in [-0.2, 0) is 5.54 Å². The lowest BCUT2D eigenvalue weighted by Gasteiger charge is -2.29. The van der Waals surface area contributed by atoms with Gasteiger partial charge in [0.15, 0.2) is 0 Å². The molecule has 0 amide bonds. The van der Waals surface area contributed by atoms with Gasteiger partial charge in [0.25, 0.3) is 0 Å². The van der Waals surface area contributed by atoms with E-state index in [-0.39, 0.29) is 5.54 Å². The first-order valence-electron chi connectivity index (χ1n) is 6.68. The summed E-state index contributed by atoms with van der Waals surface area (Å²) in [6.45, 7) is 2.31. The maximum Gasteiger partial charge on any atom is 0.137 e. The molecule has 0 radical (unpaired) electrons. The predicted molar refractivity (Wildman–Crippen MR) is 76.1 cm³/mol. The van der Waals surface area contributed by atoms with Gasteiger partial charge < -0.3 is 10.5 Å². The summed E-state index contributed by atoms with van der Waals surface area (Å²) in [6, 6.07) is 5.93. The second-order valence-corrected chi connectivity index (χ2v) is 5.95. The topological polar surface area (TPSA) is 35.2 Å². The lowest BCUT2D eigenvalue weighted by atomic mass is 9.83. The lowest BCUT2D eigenvalue weighted by Crippen LogP contribution is -2.36. The minimum atomic E-state index is -0.220. The molecule has 1 saturated carbocycles. The van der Waals surface area contributed by atoms with Crippen LogP contribution in [0.2, 0.25) is 5.02 Å². The number of halogens is 1. The number of methoxy groups -OCH3 is 1. The van der Waals surface area contributed by atoms with Crippen LogP contribution in [0.25, 0.3) is 0 Å². The van der Waals surface area contributed by atoms with Crippen LogP contribution in [0.3, 0.4) is 0 Å². The van der Waals surface area contributed by atoms with Crippen LogP contribution in [0.4, 0.5) is 0 Å². The Morgan fingerprint density at radius 1 is 1.33 bits per heavy atom. The van der Waals surface area contributed by atoms with Gasteiger partial charge in [-0.1, -0.05) is 37.4 Å². The van der Waals surface area contributed by atoms with Gasteiger partial charge in [-0.05, 0) is 42.9 Å². The standard InChI is InChI=1S/C15H22ClNO/c1-11-4-3-8-15(17,9-7-11)12-5-6-13(16)14(10-12)18-2/h5-6,10-11H,3-4,7-9,17H2,1-2H3. The highest BCUT2D eigenvalue weighted by Crippen LogP contribution is 2.38. The van der Waals surface area contributed by atoms with Crippen molar-refractivity contribution >= 4 is 11.6 Å². The highest BCUT2D eigenvalue weighted by molar-refractivity contribution is 6.32. The van der Waals surface area contributed by atoms with E-state index in [4.69, 9.17) is 22.1 Å². The molecule has 100 valence electrons. The molecule has 2 N–H and O–H groups in total. The van der Waals surface area contributed by atoms with Gasteiger partial charge in [-0.2, -0.15) is 0 Å². The maximum absolute atomic E-state index is 6.62. The Kier molecular flexibility index (Phi) is 4.18. The number of hydrogen-bond donors (Lipinski definition) is 1. The zero-order valence-electron chi connectivity index (χ0n) is 11.2. The van der Waals surface area contributed by atoms with E-state index >= 15 is 0 Å². The average molecular weight is 268 g/mol. The molecule has 1 fully saturated rings. The molecule has 0 spiro atoms. The van der Waals surface area contributed by atoms with Gasteiger partial charge in [0.1, 0.15) is 5.75 Å². The Bertz CT molecular complexity index is 421. The van der Waals surface area contributed by atoms with Gasteiger partial charge in [-0.3, -0.25) is 0 Å². The van der Waals surface area contributed by atoms with Crippen LogP contribution in [0.15, 0.2) is 18.2 Å². The average Bonchev–Trinajstić information content (AvgIpc) is 2.53. The van der Waals surface area contributed by atoms with Crippen molar-refractivity contribution in [1.29, 1.82) is 0 Å². The van der Waals surface area contributed by atoms with E-state index in [9.17, 15) is 0 Å². The third-order valence-electron chi connectivity index (χ3n) is 4.13. The molecular formula is C15H22ClNO. The Morgan fingerprint density at radius 3 is 2.83 bits per heavy atom. The molecular weight excluding hydrogens is 246 g/mol. The normalized spacial score (nSPS) is 28.8. The molecule has 0 aliphatic heterocycles. The van der Waals surface area contributed by atoms with Crippen molar-refractivity contribution in [2.45, 2.75) is 44.6 Å². The molecule has 1 aliphatic carbocycles. The first kappa shape index (κ1) is 13.7. The van der Waals surface area contributed by atoms with Gasteiger partial charge in [0, 0.05) is 5.54 Å². The zero-order chi connectivity index (χ0) is 13.2. The van der Waals surface area contributed by atoms with Crippen molar-refractivity contribution in [3.05, 3.63) is 28.8 Å². The number of nitrogens with two attached hydrogens (primary N) is 1. The summed E-state index contributed by atoms with van der Waals surface area (Å²) in [5.74, 6) is 1.50. The van der Waals surface area contributed by atoms with Crippen molar-refractivity contribution in [3.63, 3.8) is 0 Å². The van der Waals surface area contributed by atoms with Gasteiger partial charge >= 0.3 is 0 Å². The van der Waals surface area contributed by atoms with Crippen molar-refractivity contribution in [3.8, 4) is 5.75 Å². The lowest BCUT2D eigenvalue weighted by molar-refractivity contribution is 0.372. The Hall–Kier alpha value is -0.730. The van der Waals surface area contributed by atoms with Crippen LogP contribution >= 0.6 is 11.6 Å².